The quantitative estimate of drug-likeness (QED) is 0.876. The van der Waals surface area contributed by atoms with Gasteiger partial charge in [-0.3, -0.25) is 4.98 Å². The monoisotopic (exact) mass is 243 g/mol. The zero-order valence-electron chi connectivity index (χ0n) is 10.7. The second-order valence-electron chi connectivity index (χ2n) is 4.20. The molecule has 0 unspecified atom stereocenters. The lowest BCUT2D eigenvalue weighted by atomic mass is 10.2. The van der Waals surface area contributed by atoms with Crippen LogP contribution in [0.1, 0.15) is 16.8 Å². The molecule has 2 heterocycles. The smallest absolute Gasteiger partial charge is 0.225 e. The van der Waals surface area contributed by atoms with Gasteiger partial charge in [-0.05, 0) is 24.6 Å². The molecule has 0 aliphatic rings. The van der Waals surface area contributed by atoms with Crippen LogP contribution in [-0.4, -0.2) is 22.0 Å². The Hall–Kier alpha value is -2.01. The SMILES string of the molecule is Cc1nc(N(C)Cc2ccncc2)ncc1CN. The summed E-state index contributed by atoms with van der Waals surface area (Å²) in [6.07, 6.45) is 5.36. The van der Waals surface area contributed by atoms with Crippen molar-refractivity contribution in [3.05, 3.63) is 47.5 Å². The second kappa shape index (κ2) is 5.55. The van der Waals surface area contributed by atoms with Crippen LogP contribution in [0.2, 0.25) is 0 Å². The zero-order chi connectivity index (χ0) is 13.0. The predicted octanol–water partition coefficient (Wildman–Crippen LogP) is 1.28. The van der Waals surface area contributed by atoms with E-state index in [1.165, 1.54) is 5.56 Å². The number of nitrogens with zero attached hydrogens (tertiary/aromatic N) is 4. The maximum Gasteiger partial charge on any atom is 0.225 e. The Morgan fingerprint density at radius 2 is 2.00 bits per heavy atom. The van der Waals surface area contributed by atoms with Crippen LogP contribution in [0.5, 0.6) is 0 Å². The lowest BCUT2D eigenvalue weighted by Crippen LogP contribution is -2.20. The van der Waals surface area contributed by atoms with Crippen LogP contribution in [-0.2, 0) is 13.1 Å². The predicted molar refractivity (Wildman–Crippen MR) is 71.0 cm³/mol. The van der Waals surface area contributed by atoms with Crippen molar-refractivity contribution in [1.29, 1.82) is 0 Å². The third kappa shape index (κ3) is 2.81. The molecule has 0 fully saturated rings. The van der Waals surface area contributed by atoms with Gasteiger partial charge >= 0.3 is 0 Å². The molecule has 0 atom stereocenters. The van der Waals surface area contributed by atoms with E-state index in [4.69, 9.17) is 5.73 Å². The second-order valence-corrected chi connectivity index (χ2v) is 4.20. The summed E-state index contributed by atoms with van der Waals surface area (Å²) in [6, 6.07) is 3.97. The summed E-state index contributed by atoms with van der Waals surface area (Å²) < 4.78 is 0. The largest absolute Gasteiger partial charge is 0.340 e. The van der Waals surface area contributed by atoms with E-state index in [2.05, 4.69) is 15.0 Å². The molecular formula is C13H17N5. The third-order valence-electron chi connectivity index (χ3n) is 2.80. The van der Waals surface area contributed by atoms with E-state index in [0.29, 0.717) is 12.5 Å². The van der Waals surface area contributed by atoms with Crippen LogP contribution in [0, 0.1) is 6.92 Å². The fraction of sp³-hybridized carbons (Fsp3) is 0.308. The van der Waals surface area contributed by atoms with Crippen LogP contribution in [0.15, 0.2) is 30.7 Å². The lowest BCUT2D eigenvalue weighted by Gasteiger charge is -2.17. The number of hydrogen-bond acceptors (Lipinski definition) is 5. The van der Waals surface area contributed by atoms with Gasteiger partial charge in [0.2, 0.25) is 5.95 Å². The normalized spacial score (nSPS) is 10.4. The van der Waals surface area contributed by atoms with Gasteiger partial charge in [0, 0.05) is 50.0 Å². The van der Waals surface area contributed by atoms with Crippen molar-refractivity contribution in [3.8, 4) is 0 Å². The van der Waals surface area contributed by atoms with Crippen molar-refractivity contribution in [2.75, 3.05) is 11.9 Å². The first kappa shape index (κ1) is 12.4. The summed E-state index contributed by atoms with van der Waals surface area (Å²) in [6.45, 7) is 3.18. The van der Waals surface area contributed by atoms with Crippen molar-refractivity contribution in [3.63, 3.8) is 0 Å². The summed E-state index contributed by atoms with van der Waals surface area (Å²) in [4.78, 5) is 14.8. The first-order valence-corrected chi connectivity index (χ1v) is 5.83. The van der Waals surface area contributed by atoms with E-state index in [1.807, 2.05) is 31.0 Å². The van der Waals surface area contributed by atoms with Gasteiger partial charge in [-0.25, -0.2) is 9.97 Å². The van der Waals surface area contributed by atoms with Crippen LogP contribution in [0.25, 0.3) is 0 Å². The molecule has 2 aromatic rings. The number of aromatic nitrogens is 3. The van der Waals surface area contributed by atoms with Crippen LogP contribution >= 0.6 is 0 Å². The molecule has 0 saturated carbocycles. The van der Waals surface area contributed by atoms with E-state index in [0.717, 1.165) is 17.8 Å². The molecule has 2 aromatic heterocycles. The fourth-order valence-corrected chi connectivity index (χ4v) is 1.70. The molecule has 5 nitrogen and oxygen atoms in total. The Balaban J connectivity index is 2.14. The molecule has 0 spiro atoms. The Labute approximate surface area is 107 Å². The molecule has 0 aliphatic heterocycles. The van der Waals surface area contributed by atoms with Gasteiger partial charge in [0.15, 0.2) is 0 Å². The van der Waals surface area contributed by atoms with Crippen molar-refractivity contribution >= 4 is 5.95 Å². The van der Waals surface area contributed by atoms with Crippen LogP contribution in [0.4, 0.5) is 5.95 Å². The van der Waals surface area contributed by atoms with E-state index < -0.39 is 0 Å². The minimum absolute atomic E-state index is 0.472. The first-order valence-electron chi connectivity index (χ1n) is 5.83. The molecule has 0 radical (unpaired) electrons. The summed E-state index contributed by atoms with van der Waals surface area (Å²) >= 11 is 0. The van der Waals surface area contributed by atoms with Gasteiger partial charge in [0.1, 0.15) is 0 Å². The molecule has 2 rings (SSSR count). The number of rotatable bonds is 4. The highest BCUT2D eigenvalue weighted by molar-refractivity contribution is 5.33. The highest BCUT2D eigenvalue weighted by Crippen LogP contribution is 2.12. The fourth-order valence-electron chi connectivity index (χ4n) is 1.70. The van der Waals surface area contributed by atoms with Gasteiger partial charge in [0.05, 0.1) is 0 Å². The first-order chi connectivity index (χ1) is 8.70. The van der Waals surface area contributed by atoms with E-state index in [-0.39, 0.29) is 0 Å². The Kier molecular flexibility index (Phi) is 3.84. The zero-order valence-corrected chi connectivity index (χ0v) is 10.7. The van der Waals surface area contributed by atoms with Gasteiger partial charge in [-0.1, -0.05) is 0 Å². The molecule has 0 aliphatic carbocycles. The molecule has 0 bridgehead atoms. The molecule has 2 N–H and O–H groups in total. The Bertz CT molecular complexity index is 512. The molecule has 94 valence electrons. The highest BCUT2D eigenvalue weighted by Gasteiger charge is 2.07. The van der Waals surface area contributed by atoms with Crippen LogP contribution < -0.4 is 10.6 Å². The maximum absolute atomic E-state index is 5.60. The van der Waals surface area contributed by atoms with Gasteiger partial charge in [0.25, 0.3) is 0 Å². The van der Waals surface area contributed by atoms with Gasteiger partial charge < -0.3 is 10.6 Å². The van der Waals surface area contributed by atoms with Crippen molar-refractivity contribution in [2.24, 2.45) is 5.73 Å². The summed E-state index contributed by atoms with van der Waals surface area (Å²) in [5.41, 5.74) is 8.69. The average molecular weight is 243 g/mol. The topological polar surface area (TPSA) is 67.9 Å². The number of pyridine rings is 1. The maximum atomic E-state index is 5.60. The Morgan fingerprint density at radius 3 is 2.61 bits per heavy atom. The van der Waals surface area contributed by atoms with Crippen molar-refractivity contribution in [1.82, 2.24) is 15.0 Å². The number of aryl methyl sites for hydroxylation is 1. The van der Waals surface area contributed by atoms with Crippen LogP contribution in [0.3, 0.4) is 0 Å². The van der Waals surface area contributed by atoms with E-state index in [1.54, 1.807) is 18.6 Å². The van der Waals surface area contributed by atoms with E-state index >= 15 is 0 Å². The molecule has 0 aromatic carbocycles. The number of anilines is 1. The summed E-state index contributed by atoms with van der Waals surface area (Å²) in [5.74, 6) is 0.710. The van der Waals surface area contributed by atoms with Crippen molar-refractivity contribution < 1.29 is 0 Å². The van der Waals surface area contributed by atoms with Gasteiger partial charge in [-0.15, -0.1) is 0 Å². The minimum Gasteiger partial charge on any atom is -0.340 e. The third-order valence-corrected chi connectivity index (χ3v) is 2.80. The molecule has 0 saturated heterocycles. The minimum atomic E-state index is 0.472. The summed E-state index contributed by atoms with van der Waals surface area (Å²) in [5, 5.41) is 0. The average Bonchev–Trinajstić information content (AvgIpc) is 2.39. The lowest BCUT2D eigenvalue weighted by molar-refractivity contribution is 0.845. The van der Waals surface area contributed by atoms with Gasteiger partial charge in [-0.2, -0.15) is 0 Å². The number of hydrogen-bond donors (Lipinski definition) is 1. The number of nitrogens with two attached hydrogens (primary N) is 1. The summed E-state index contributed by atoms with van der Waals surface area (Å²) in [7, 11) is 1.97. The molecule has 18 heavy (non-hydrogen) atoms. The van der Waals surface area contributed by atoms with E-state index in [9.17, 15) is 0 Å². The Morgan fingerprint density at radius 1 is 1.28 bits per heavy atom. The van der Waals surface area contributed by atoms with Crippen molar-refractivity contribution in [2.45, 2.75) is 20.0 Å². The molecule has 5 heteroatoms. The molecular weight excluding hydrogens is 226 g/mol. The standard InChI is InChI=1S/C13H17N5/c1-10-12(7-14)8-16-13(17-10)18(2)9-11-3-5-15-6-4-11/h3-6,8H,7,9,14H2,1-2H3. The molecule has 0 amide bonds. The highest BCUT2D eigenvalue weighted by atomic mass is 15.2.